The van der Waals surface area contributed by atoms with Crippen LogP contribution in [-0.4, -0.2) is 50.6 Å². The van der Waals surface area contributed by atoms with E-state index in [4.69, 9.17) is 18.9 Å². The summed E-state index contributed by atoms with van der Waals surface area (Å²) in [5.74, 6) is -0.891. The molecule has 0 fully saturated rings. The van der Waals surface area contributed by atoms with Crippen LogP contribution in [0.3, 0.4) is 0 Å². The molecule has 0 bridgehead atoms. The predicted molar refractivity (Wildman–Crippen MR) is 68.6 cm³/mol. The number of hydrogen-bond acceptors (Lipinski definition) is 6. The Morgan fingerprint density at radius 2 is 1.63 bits per heavy atom. The third kappa shape index (κ3) is 12.8. The predicted octanol–water partition coefficient (Wildman–Crippen LogP) is 1.09. The van der Waals surface area contributed by atoms with Gasteiger partial charge in [-0.25, -0.2) is 9.59 Å². The van der Waals surface area contributed by atoms with Gasteiger partial charge in [-0.3, -0.25) is 0 Å². The summed E-state index contributed by atoms with van der Waals surface area (Å²) in [4.78, 5) is 21.9. The van der Waals surface area contributed by atoms with Crippen LogP contribution in [0.1, 0.15) is 20.8 Å². The van der Waals surface area contributed by atoms with Crippen molar-refractivity contribution in [2.75, 3.05) is 33.0 Å². The fraction of sp³-hybridized carbons (Fsp3) is 0.692. The molecular weight excluding hydrogens is 252 g/mol. The minimum atomic E-state index is -0.508. The summed E-state index contributed by atoms with van der Waals surface area (Å²) < 4.78 is 19.9. The first-order chi connectivity index (χ1) is 8.85. The zero-order valence-corrected chi connectivity index (χ0v) is 11.8. The van der Waals surface area contributed by atoms with Crippen molar-refractivity contribution in [1.29, 1.82) is 0 Å². The SMILES string of the molecule is C=CC(=O)OCCOCCOCC(=O)OC(C)(C)C. The van der Waals surface area contributed by atoms with E-state index in [2.05, 4.69) is 6.58 Å². The van der Waals surface area contributed by atoms with Crippen molar-refractivity contribution < 1.29 is 28.5 Å². The molecule has 6 nitrogen and oxygen atoms in total. The van der Waals surface area contributed by atoms with Crippen molar-refractivity contribution >= 4 is 11.9 Å². The topological polar surface area (TPSA) is 71.1 Å². The molecule has 0 saturated heterocycles. The number of esters is 2. The number of ether oxygens (including phenoxy) is 4. The van der Waals surface area contributed by atoms with Gasteiger partial charge in [0, 0.05) is 6.08 Å². The van der Waals surface area contributed by atoms with E-state index in [1.807, 2.05) is 0 Å². The van der Waals surface area contributed by atoms with Crippen LogP contribution in [0.25, 0.3) is 0 Å². The van der Waals surface area contributed by atoms with Gasteiger partial charge in [-0.15, -0.1) is 0 Å². The molecule has 110 valence electrons. The lowest BCUT2D eigenvalue weighted by Crippen LogP contribution is -2.27. The van der Waals surface area contributed by atoms with Crippen LogP contribution in [0, 0.1) is 0 Å². The molecule has 0 N–H and O–H groups in total. The number of hydrogen-bond donors (Lipinski definition) is 0. The van der Waals surface area contributed by atoms with Crippen LogP contribution in [0.15, 0.2) is 12.7 Å². The summed E-state index contributed by atoms with van der Waals surface area (Å²) in [7, 11) is 0. The van der Waals surface area contributed by atoms with Gasteiger partial charge in [0.25, 0.3) is 0 Å². The standard InChI is InChI=1S/C13H22O6/c1-5-11(14)18-9-8-16-6-7-17-10-12(15)19-13(2,3)4/h5H,1,6-10H2,2-4H3. The molecular formula is C13H22O6. The molecule has 0 aromatic rings. The molecule has 6 heteroatoms. The van der Waals surface area contributed by atoms with Crippen molar-refractivity contribution in [2.45, 2.75) is 26.4 Å². The first-order valence-electron chi connectivity index (χ1n) is 6.01. The van der Waals surface area contributed by atoms with Gasteiger partial charge >= 0.3 is 11.9 Å². The van der Waals surface area contributed by atoms with Crippen LogP contribution in [0.2, 0.25) is 0 Å². The van der Waals surface area contributed by atoms with Gasteiger partial charge in [-0.1, -0.05) is 6.58 Å². The van der Waals surface area contributed by atoms with Crippen molar-refractivity contribution in [3.05, 3.63) is 12.7 Å². The zero-order chi connectivity index (χ0) is 14.7. The average Bonchev–Trinajstić information content (AvgIpc) is 2.29. The summed E-state index contributed by atoms with van der Waals surface area (Å²) in [6, 6.07) is 0. The maximum Gasteiger partial charge on any atom is 0.332 e. The monoisotopic (exact) mass is 274 g/mol. The second-order valence-corrected chi connectivity index (χ2v) is 4.62. The van der Waals surface area contributed by atoms with E-state index in [9.17, 15) is 9.59 Å². The zero-order valence-electron chi connectivity index (χ0n) is 11.8. The van der Waals surface area contributed by atoms with Crippen LogP contribution in [-0.2, 0) is 28.5 Å². The van der Waals surface area contributed by atoms with Crippen LogP contribution in [0.4, 0.5) is 0 Å². The van der Waals surface area contributed by atoms with E-state index in [-0.39, 0.29) is 26.4 Å². The van der Waals surface area contributed by atoms with E-state index in [1.165, 1.54) is 0 Å². The first-order valence-corrected chi connectivity index (χ1v) is 6.01. The van der Waals surface area contributed by atoms with Crippen LogP contribution >= 0.6 is 0 Å². The molecule has 0 radical (unpaired) electrons. The van der Waals surface area contributed by atoms with Gasteiger partial charge in [0.1, 0.15) is 18.8 Å². The summed E-state index contributed by atoms with van der Waals surface area (Å²) in [5.41, 5.74) is -0.508. The number of carbonyl (C=O) groups excluding carboxylic acids is 2. The quantitative estimate of drug-likeness (QED) is 0.356. The molecule has 0 aromatic carbocycles. The Morgan fingerprint density at radius 1 is 1.05 bits per heavy atom. The summed E-state index contributed by atoms with van der Waals surface area (Å²) in [5, 5.41) is 0. The maximum absolute atomic E-state index is 11.2. The lowest BCUT2D eigenvalue weighted by molar-refractivity contribution is -0.160. The fourth-order valence-electron chi connectivity index (χ4n) is 1.01. The first kappa shape index (κ1) is 17.6. The largest absolute Gasteiger partial charge is 0.460 e. The lowest BCUT2D eigenvalue weighted by atomic mass is 10.2. The second kappa shape index (κ2) is 9.52. The molecule has 0 unspecified atom stereocenters. The second-order valence-electron chi connectivity index (χ2n) is 4.62. The van der Waals surface area contributed by atoms with E-state index in [0.29, 0.717) is 6.61 Å². The third-order valence-electron chi connectivity index (χ3n) is 1.65. The normalized spacial score (nSPS) is 10.9. The van der Waals surface area contributed by atoms with Gasteiger partial charge in [0.15, 0.2) is 0 Å². The molecule has 0 atom stereocenters. The van der Waals surface area contributed by atoms with Gasteiger partial charge in [0.05, 0.1) is 19.8 Å². The van der Waals surface area contributed by atoms with Crippen molar-refractivity contribution in [2.24, 2.45) is 0 Å². The number of rotatable bonds is 9. The highest BCUT2D eigenvalue weighted by atomic mass is 16.6. The van der Waals surface area contributed by atoms with E-state index in [0.717, 1.165) is 6.08 Å². The van der Waals surface area contributed by atoms with Crippen LogP contribution in [0.5, 0.6) is 0 Å². The molecule has 0 heterocycles. The molecule has 0 aliphatic heterocycles. The smallest absolute Gasteiger partial charge is 0.332 e. The molecule has 0 spiro atoms. The highest BCUT2D eigenvalue weighted by Gasteiger charge is 2.15. The third-order valence-corrected chi connectivity index (χ3v) is 1.65. The summed E-state index contributed by atoms with van der Waals surface area (Å²) in [6.45, 7) is 9.55. The minimum absolute atomic E-state index is 0.105. The maximum atomic E-state index is 11.2. The highest BCUT2D eigenvalue weighted by molar-refractivity contribution is 5.81. The summed E-state index contributed by atoms with van der Waals surface area (Å²) >= 11 is 0. The number of carbonyl (C=O) groups is 2. The van der Waals surface area contributed by atoms with Crippen molar-refractivity contribution in [3.8, 4) is 0 Å². The van der Waals surface area contributed by atoms with Crippen LogP contribution < -0.4 is 0 Å². The highest BCUT2D eigenvalue weighted by Crippen LogP contribution is 2.06. The fourth-order valence-corrected chi connectivity index (χ4v) is 1.01. The van der Waals surface area contributed by atoms with Gasteiger partial charge in [-0.2, -0.15) is 0 Å². The van der Waals surface area contributed by atoms with Gasteiger partial charge in [-0.05, 0) is 20.8 Å². The van der Waals surface area contributed by atoms with E-state index in [1.54, 1.807) is 20.8 Å². The Morgan fingerprint density at radius 3 is 2.21 bits per heavy atom. The molecule has 0 aliphatic rings. The Labute approximate surface area is 113 Å². The van der Waals surface area contributed by atoms with E-state index < -0.39 is 17.5 Å². The molecule has 0 aromatic heterocycles. The Balaban J connectivity index is 3.34. The Kier molecular flexibility index (Phi) is 8.82. The molecule has 0 amide bonds. The average molecular weight is 274 g/mol. The molecule has 0 saturated carbocycles. The van der Waals surface area contributed by atoms with E-state index >= 15 is 0 Å². The summed E-state index contributed by atoms with van der Waals surface area (Å²) in [6.07, 6.45) is 1.09. The van der Waals surface area contributed by atoms with Gasteiger partial charge in [0.2, 0.25) is 0 Å². The Bertz CT molecular complexity index is 292. The molecule has 0 aliphatic carbocycles. The molecule has 19 heavy (non-hydrogen) atoms. The minimum Gasteiger partial charge on any atom is -0.460 e. The van der Waals surface area contributed by atoms with Crippen molar-refractivity contribution in [3.63, 3.8) is 0 Å². The Hall–Kier alpha value is -1.40. The lowest BCUT2D eigenvalue weighted by Gasteiger charge is -2.19. The molecule has 0 rings (SSSR count). The van der Waals surface area contributed by atoms with Crippen molar-refractivity contribution in [1.82, 2.24) is 0 Å². The van der Waals surface area contributed by atoms with Gasteiger partial charge < -0.3 is 18.9 Å².